The third-order valence-corrected chi connectivity index (χ3v) is 4.57. The number of aliphatic hydroxyl groups excluding tert-OH is 1. The van der Waals surface area contributed by atoms with Gasteiger partial charge in [-0.15, -0.1) is 0 Å². The van der Waals surface area contributed by atoms with Gasteiger partial charge in [0.05, 0.1) is 13.2 Å². The number of benzene rings is 2. The van der Waals surface area contributed by atoms with Crippen LogP contribution in [0.1, 0.15) is 15.9 Å². The molecule has 0 spiro atoms. The van der Waals surface area contributed by atoms with Crippen molar-refractivity contribution in [1.82, 2.24) is 9.88 Å². The van der Waals surface area contributed by atoms with Crippen LogP contribution in [-0.2, 0) is 6.54 Å². The van der Waals surface area contributed by atoms with Crippen LogP contribution < -0.4 is 0 Å². The highest BCUT2D eigenvalue weighted by molar-refractivity contribution is 9.10. The lowest BCUT2D eigenvalue weighted by atomic mass is 10.1. The van der Waals surface area contributed by atoms with Crippen molar-refractivity contribution in [3.05, 3.63) is 70.1 Å². The predicted molar refractivity (Wildman–Crippen MR) is 99.1 cm³/mol. The van der Waals surface area contributed by atoms with E-state index in [0.717, 1.165) is 15.4 Å². The molecular weight excluding hydrogens is 387 g/mol. The number of halogens is 2. The molecule has 0 radical (unpaired) electrons. The Kier molecular flexibility index (Phi) is 5.63. The summed E-state index contributed by atoms with van der Waals surface area (Å²) in [5.41, 5.74) is 1.99. The Hall–Kier alpha value is -2.02. The smallest absolute Gasteiger partial charge is 0.178 e. The summed E-state index contributed by atoms with van der Waals surface area (Å²) < 4.78 is 14.8. The molecule has 0 bridgehead atoms. The number of carbonyl (C=O) groups excluding carboxylic acids is 1. The molecule has 6 heteroatoms. The van der Waals surface area contributed by atoms with Gasteiger partial charge in [-0.05, 0) is 24.3 Å². The Morgan fingerprint density at radius 2 is 2.04 bits per heavy atom. The van der Waals surface area contributed by atoms with Crippen LogP contribution >= 0.6 is 15.9 Å². The van der Waals surface area contributed by atoms with Crippen molar-refractivity contribution < 1.29 is 14.3 Å². The second kappa shape index (κ2) is 7.91. The number of nitrogens with one attached hydrogen (secondary N) is 1. The van der Waals surface area contributed by atoms with Gasteiger partial charge in [-0.3, -0.25) is 9.69 Å². The van der Waals surface area contributed by atoms with E-state index >= 15 is 0 Å². The number of hydrogen-bond donors (Lipinski definition) is 2. The van der Waals surface area contributed by atoms with Crippen LogP contribution in [0.25, 0.3) is 10.9 Å². The van der Waals surface area contributed by atoms with Gasteiger partial charge in [-0.1, -0.05) is 34.1 Å². The Balaban J connectivity index is 1.79. The lowest BCUT2D eigenvalue weighted by Gasteiger charge is -2.21. The number of fused-ring (bicyclic) bond motifs is 1. The number of H-pyrrole nitrogens is 1. The largest absolute Gasteiger partial charge is 0.395 e. The fraction of sp³-hybridized carbons (Fsp3) is 0.211. The topological polar surface area (TPSA) is 56.3 Å². The molecule has 0 aliphatic heterocycles. The van der Waals surface area contributed by atoms with Crippen molar-refractivity contribution in [1.29, 1.82) is 0 Å². The summed E-state index contributed by atoms with van der Waals surface area (Å²) in [6, 6.07) is 12.3. The van der Waals surface area contributed by atoms with Crippen molar-refractivity contribution in [3.8, 4) is 0 Å². The first kappa shape index (κ1) is 17.8. The van der Waals surface area contributed by atoms with E-state index in [1.165, 1.54) is 6.07 Å². The molecule has 0 amide bonds. The number of aromatic amines is 1. The Labute approximate surface area is 153 Å². The van der Waals surface area contributed by atoms with Gasteiger partial charge in [0.2, 0.25) is 0 Å². The quantitative estimate of drug-likeness (QED) is 0.589. The van der Waals surface area contributed by atoms with E-state index in [9.17, 15) is 14.3 Å². The molecule has 0 aliphatic rings. The lowest BCUT2D eigenvalue weighted by molar-refractivity contribution is 0.0908. The van der Waals surface area contributed by atoms with Crippen molar-refractivity contribution in [2.75, 3.05) is 19.7 Å². The molecule has 0 saturated heterocycles. The summed E-state index contributed by atoms with van der Waals surface area (Å²) in [4.78, 5) is 17.5. The third kappa shape index (κ3) is 4.15. The summed E-state index contributed by atoms with van der Waals surface area (Å²) in [7, 11) is 0. The number of Topliss-reactive ketones (excluding diaryl/α,β-unsaturated/α-hetero) is 1. The first-order valence-corrected chi connectivity index (χ1v) is 8.74. The first-order chi connectivity index (χ1) is 12.1. The van der Waals surface area contributed by atoms with Gasteiger partial charge >= 0.3 is 0 Å². The number of aromatic nitrogens is 1. The van der Waals surface area contributed by atoms with E-state index < -0.39 is 0 Å². The molecule has 0 saturated carbocycles. The minimum absolute atomic E-state index is 0.0682. The second-order valence-electron chi connectivity index (χ2n) is 5.84. The molecule has 25 heavy (non-hydrogen) atoms. The van der Waals surface area contributed by atoms with Crippen LogP contribution in [0.3, 0.4) is 0 Å². The molecule has 4 nitrogen and oxygen atoms in total. The third-order valence-electron chi connectivity index (χ3n) is 4.07. The van der Waals surface area contributed by atoms with Gasteiger partial charge in [0.25, 0.3) is 0 Å². The maximum Gasteiger partial charge on any atom is 0.178 e. The van der Waals surface area contributed by atoms with Gasteiger partial charge in [-0.2, -0.15) is 0 Å². The molecule has 0 atom stereocenters. The Morgan fingerprint density at radius 1 is 1.24 bits per heavy atom. The molecule has 130 valence electrons. The van der Waals surface area contributed by atoms with Crippen molar-refractivity contribution in [3.63, 3.8) is 0 Å². The van der Waals surface area contributed by atoms with E-state index in [1.807, 2.05) is 24.3 Å². The molecular formula is C19H18BrFN2O2. The first-order valence-electron chi connectivity index (χ1n) is 7.95. The molecule has 0 unspecified atom stereocenters. The van der Waals surface area contributed by atoms with Crippen LogP contribution in [0.15, 0.2) is 53.1 Å². The van der Waals surface area contributed by atoms with Gasteiger partial charge in [0, 0.05) is 45.8 Å². The van der Waals surface area contributed by atoms with Crippen LogP contribution in [0, 0.1) is 5.82 Å². The molecule has 2 aromatic carbocycles. The highest BCUT2D eigenvalue weighted by atomic mass is 79.9. The second-order valence-corrected chi connectivity index (χ2v) is 6.76. The predicted octanol–water partition coefficient (Wildman–Crippen LogP) is 3.75. The summed E-state index contributed by atoms with van der Waals surface area (Å²) in [6.45, 7) is 0.547. The number of para-hydroxylation sites is 1. The fourth-order valence-electron chi connectivity index (χ4n) is 2.85. The van der Waals surface area contributed by atoms with E-state index in [2.05, 4.69) is 20.9 Å². The minimum Gasteiger partial charge on any atom is -0.395 e. The number of ketones is 1. The number of carbonyl (C=O) groups is 1. The zero-order valence-electron chi connectivity index (χ0n) is 13.5. The molecule has 1 heterocycles. The number of nitrogens with zero attached hydrogens (tertiary/aromatic N) is 1. The maximum absolute atomic E-state index is 14.0. The summed E-state index contributed by atoms with van der Waals surface area (Å²) in [5.74, 6) is -0.396. The highest BCUT2D eigenvalue weighted by Gasteiger charge is 2.17. The molecule has 0 aliphatic carbocycles. The van der Waals surface area contributed by atoms with Crippen LogP contribution in [-0.4, -0.2) is 40.5 Å². The van der Waals surface area contributed by atoms with Gasteiger partial charge in [0.15, 0.2) is 5.78 Å². The average Bonchev–Trinajstić information content (AvgIpc) is 3.02. The van der Waals surface area contributed by atoms with Crippen molar-refractivity contribution >= 4 is 32.6 Å². The zero-order chi connectivity index (χ0) is 17.8. The van der Waals surface area contributed by atoms with E-state index in [0.29, 0.717) is 17.7 Å². The molecule has 3 aromatic rings. The van der Waals surface area contributed by atoms with E-state index in [-0.39, 0.29) is 31.3 Å². The van der Waals surface area contributed by atoms with E-state index in [4.69, 9.17) is 0 Å². The Morgan fingerprint density at radius 3 is 2.84 bits per heavy atom. The van der Waals surface area contributed by atoms with E-state index in [1.54, 1.807) is 23.2 Å². The molecule has 0 fully saturated rings. The summed E-state index contributed by atoms with van der Waals surface area (Å²) in [5, 5.41) is 10.2. The number of hydrogen-bond acceptors (Lipinski definition) is 3. The SMILES string of the molecule is O=C(CN(CCO)Cc1cc(Br)ccc1F)c1c[nH]c2ccccc12. The summed E-state index contributed by atoms with van der Waals surface area (Å²) >= 11 is 3.33. The van der Waals surface area contributed by atoms with Gasteiger partial charge in [-0.25, -0.2) is 4.39 Å². The number of aliphatic hydroxyl groups is 1. The van der Waals surface area contributed by atoms with Crippen LogP contribution in [0.4, 0.5) is 4.39 Å². The molecule has 1 aromatic heterocycles. The summed E-state index contributed by atoms with van der Waals surface area (Å²) in [6.07, 6.45) is 1.70. The van der Waals surface area contributed by atoms with Crippen molar-refractivity contribution in [2.24, 2.45) is 0 Å². The van der Waals surface area contributed by atoms with Gasteiger partial charge < -0.3 is 10.1 Å². The molecule has 2 N–H and O–H groups in total. The maximum atomic E-state index is 14.0. The number of rotatable bonds is 7. The monoisotopic (exact) mass is 404 g/mol. The molecule has 3 rings (SSSR count). The van der Waals surface area contributed by atoms with Crippen molar-refractivity contribution in [2.45, 2.75) is 6.54 Å². The lowest BCUT2D eigenvalue weighted by Crippen LogP contribution is -2.32. The van der Waals surface area contributed by atoms with Crippen LogP contribution in [0.2, 0.25) is 0 Å². The standard InChI is InChI=1S/C19H18BrFN2O2/c20-14-5-6-17(21)13(9-14)11-23(7-8-24)12-19(25)16-10-22-18-4-2-1-3-15(16)18/h1-6,9-10,22,24H,7-8,11-12H2. The highest BCUT2D eigenvalue weighted by Crippen LogP contribution is 2.20. The minimum atomic E-state index is -0.328. The zero-order valence-corrected chi connectivity index (χ0v) is 15.1. The normalized spacial score (nSPS) is 11.4. The average molecular weight is 405 g/mol. The Bertz CT molecular complexity index is 894. The van der Waals surface area contributed by atoms with Gasteiger partial charge in [0.1, 0.15) is 5.82 Å². The van der Waals surface area contributed by atoms with Crippen LogP contribution in [0.5, 0.6) is 0 Å². The fourth-order valence-corrected chi connectivity index (χ4v) is 3.26.